The van der Waals surface area contributed by atoms with E-state index in [1.807, 2.05) is 13.8 Å². The molecule has 2 aliphatic rings. The van der Waals surface area contributed by atoms with Crippen molar-refractivity contribution in [3.63, 3.8) is 0 Å². The Balaban J connectivity index is 0.00000363. The summed E-state index contributed by atoms with van der Waals surface area (Å²) in [6, 6.07) is 4.74. The maximum absolute atomic E-state index is 12.3. The van der Waals surface area contributed by atoms with E-state index in [-0.39, 0.29) is 36.3 Å². The number of aromatic carboxylic acids is 1. The third-order valence-corrected chi connectivity index (χ3v) is 5.54. The number of benzene rings is 1. The van der Waals surface area contributed by atoms with Gasteiger partial charge in [-0.05, 0) is 65.2 Å². The number of alkyl carbamates (subject to hydrolysis) is 1. The van der Waals surface area contributed by atoms with Crippen LogP contribution in [0.2, 0.25) is 0 Å². The van der Waals surface area contributed by atoms with Crippen LogP contribution in [0, 0.1) is 0 Å². The Morgan fingerprint density at radius 1 is 1.09 bits per heavy atom. The van der Waals surface area contributed by atoms with Crippen molar-refractivity contribution < 1.29 is 52.5 Å². The molecule has 1 aliphatic carbocycles. The molecule has 3 rings (SSSR count). The standard InChI is InChI=1S/C23H33NO7.Li/c1-21(2,3)31-20(27)24-22(4,5)15-6-7-17(19(25)26)18(14-15)30-16-8-10-23(11-9-16)28-12-13-29-23;/h6-7,14,16H,8-13H2,1-5H3,(H,24,27)(H,25,26);/q;+1/p-1. The van der Waals surface area contributed by atoms with Crippen LogP contribution in [0.15, 0.2) is 18.2 Å². The van der Waals surface area contributed by atoms with Gasteiger partial charge in [0.2, 0.25) is 0 Å². The van der Waals surface area contributed by atoms with Gasteiger partial charge in [0.1, 0.15) is 11.4 Å². The predicted octanol–water partition coefficient (Wildman–Crippen LogP) is -0.122. The predicted molar refractivity (Wildman–Crippen MR) is 111 cm³/mol. The molecule has 0 bridgehead atoms. The molecule has 1 spiro atoms. The Bertz CT molecular complexity index is 818. The normalized spacial score (nSPS) is 18.7. The second-order valence-electron chi connectivity index (χ2n) is 9.68. The van der Waals surface area contributed by atoms with Crippen molar-refractivity contribution in [2.45, 2.75) is 83.3 Å². The maximum atomic E-state index is 12.3. The van der Waals surface area contributed by atoms with Crippen LogP contribution in [0.3, 0.4) is 0 Å². The summed E-state index contributed by atoms with van der Waals surface area (Å²) >= 11 is 0. The number of hydrogen-bond acceptors (Lipinski definition) is 7. The molecule has 0 aromatic heterocycles. The van der Waals surface area contributed by atoms with E-state index in [1.54, 1.807) is 32.9 Å². The van der Waals surface area contributed by atoms with Crippen LogP contribution in [0.1, 0.15) is 76.2 Å². The van der Waals surface area contributed by atoms with Crippen LogP contribution >= 0.6 is 0 Å². The molecule has 2 fully saturated rings. The van der Waals surface area contributed by atoms with Gasteiger partial charge in [-0.3, -0.25) is 0 Å². The van der Waals surface area contributed by atoms with Gasteiger partial charge in [0.15, 0.2) is 5.79 Å². The molecule has 1 saturated carbocycles. The van der Waals surface area contributed by atoms with Gasteiger partial charge in [-0.1, -0.05) is 6.07 Å². The summed E-state index contributed by atoms with van der Waals surface area (Å²) in [6.45, 7) is 10.2. The minimum Gasteiger partial charge on any atom is -0.545 e. The summed E-state index contributed by atoms with van der Waals surface area (Å²) < 4.78 is 22.9. The Kier molecular flexibility index (Phi) is 8.33. The largest absolute Gasteiger partial charge is 1.00 e. The zero-order chi connectivity index (χ0) is 22.9. The fourth-order valence-electron chi connectivity index (χ4n) is 3.92. The Labute approximate surface area is 201 Å². The molecule has 1 aliphatic heterocycles. The van der Waals surface area contributed by atoms with Crippen molar-refractivity contribution in [1.82, 2.24) is 5.32 Å². The van der Waals surface area contributed by atoms with Gasteiger partial charge in [0, 0.05) is 18.4 Å². The van der Waals surface area contributed by atoms with Crippen LogP contribution in [0.5, 0.6) is 5.75 Å². The first-order chi connectivity index (χ1) is 14.4. The fourth-order valence-corrected chi connectivity index (χ4v) is 3.92. The average molecular weight is 441 g/mol. The quantitative estimate of drug-likeness (QED) is 0.635. The van der Waals surface area contributed by atoms with E-state index in [0.29, 0.717) is 44.5 Å². The molecule has 1 aromatic rings. The van der Waals surface area contributed by atoms with Crippen molar-refractivity contribution in [1.29, 1.82) is 0 Å². The zero-order valence-corrected chi connectivity index (χ0v) is 19.9. The Hall–Kier alpha value is -1.72. The van der Waals surface area contributed by atoms with Crippen LogP contribution in [0.25, 0.3) is 0 Å². The summed E-state index contributed by atoms with van der Waals surface area (Å²) in [5.41, 5.74) is -0.774. The molecular weight excluding hydrogens is 409 g/mol. The number of rotatable bonds is 5. The van der Waals surface area contributed by atoms with Crippen LogP contribution in [-0.2, 0) is 19.7 Å². The molecule has 1 heterocycles. The van der Waals surface area contributed by atoms with Crippen molar-refractivity contribution in [3.8, 4) is 5.75 Å². The van der Waals surface area contributed by atoms with Crippen molar-refractivity contribution in [2.24, 2.45) is 0 Å². The van der Waals surface area contributed by atoms with Gasteiger partial charge in [0.05, 0.1) is 30.8 Å². The number of carboxylic acid groups (broad SMARTS) is 1. The van der Waals surface area contributed by atoms with Gasteiger partial charge in [-0.15, -0.1) is 0 Å². The van der Waals surface area contributed by atoms with Crippen LogP contribution in [-0.4, -0.2) is 42.8 Å². The van der Waals surface area contributed by atoms with E-state index in [4.69, 9.17) is 18.9 Å². The van der Waals surface area contributed by atoms with Gasteiger partial charge in [0.25, 0.3) is 0 Å². The molecule has 0 radical (unpaired) electrons. The summed E-state index contributed by atoms with van der Waals surface area (Å²) in [7, 11) is 0. The average Bonchev–Trinajstić information content (AvgIpc) is 3.09. The van der Waals surface area contributed by atoms with E-state index >= 15 is 0 Å². The topological polar surface area (TPSA) is 106 Å². The minimum atomic E-state index is -1.31. The molecule has 172 valence electrons. The Morgan fingerprint density at radius 2 is 1.69 bits per heavy atom. The molecule has 1 saturated heterocycles. The maximum Gasteiger partial charge on any atom is 1.00 e. The second kappa shape index (κ2) is 10.0. The molecule has 0 atom stereocenters. The van der Waals surface area contributed by atoms with Crippen molar-refractivity contribution in [3.05, 3.63) is 29.3 Å². The fraction of sp³-hybridized carbons (Fsp3) is 0.652. The number of carboxylic acids is 1. The van der Waals surface area contributed by atoms with Crippen LogP contribution in [0.4, 0.5) is 4.79 Å². The summed E-state index contributed by atoms with van der Waals surface area (Å²) in [5, 5.41) is 14.5. The molecule has 1 aromatic carbocycles. The number of ether oxygens (including phenoxy) is 4. The first-order valence-electron chi connectivity index (χ1n) is 10.7. The smallest absolute Gasteiger partial charge is 0.545 e. The molecule has 32 heavy (non-hydrogen) atoms. The third kappa shape index (κ3) is 6.64. The zero-order valence-electron chi connectivity index (χ0n) is 19.9. The number of carbonyl (C=O) groups excluding carboxylic acids is 2. The van der Waals surface area contributed by atoms with Crippen molar-refractivity contribution >= 4 is 12.1 Å². The molecule has 8 nitrogen and oxygen atoms in total. The summed E-state index contributed by atoms with van der Waals surface area (Å²) in [5.74, 6) is -1.60. The van der Waals surface area contributed by atoms with E-state index in [2.05, 4.69) is 5.32 Å². The molecule has 1 N–H and O–H groups in total. The van der Waals surface area contributed by atoms with Gasteiger partial charge < -0.3 is 34.2 Å². The summed E-state index contributed by atoms with van der Waals surface area (Å²) in [6.07, 6.45) is 2.06. The minimum absolute atomic E-state index is 0. The SMILES string of the molecule is CC(C)(C)OC(=O)NC(C)(C)c1ccc(C(=O)[O-])c(OC2CCC3(CC2)OCCO3)c1.[Li+]. The van der Waals surface area contributed by atoms with E-state index in [9.17, 15) is 14.7 Å². The number of amides is 1. The third-order valence-electron chi connectivity index (χ3n) is 5.54. The van der Waals surface area contributed by atoms with Gasteiger partial charge >= 0.3 is 25.0 Å². The van der Waals surface area contributed by atoms with E-state index in [0.717, 1.165) is 0 Å². The van der Waals surface area contributed by atoms with Gasteiger partial charge in [-0.25, -0.2) is 4.79 Å². The first-order valence-corrected chi connectivity index (χ1v) is 10.7. The van der Waals surface area contributed by atoms with Crippen LogP contribution < -0.4 is 34.0 Å². The molecule has 1 amide bonds. The van der Waals surface area contributed by atoms with E-state index in [1.165, 1.54) is 6.07 Å². The van der Waals surface area contributed by atoms with Gasteiger partial charge in [-0.2, -0.15) is 0 Å². The monoisotopic (exact) mass is 441 g/mol. The second-order valence-corrected chi connectivity index (χ2v) is 9.68. The first kappa shape index (κ1) is 26.5. The van der Waals surface area contributed by atoms with E-state index < -0.39 is 29.0 Å². The number of nitrogens with one attached hydrogen (secondary N) is 1. The molecule has 0 unspecified atom stereocenters. The number of hydrogen-bond donors (Lipinski definition) is 1. The molecular formula is C23H32LiNO7. The molecule has 9 heteroatoms. The Morgan fingerprint density at radius 3 is 2.22 bits per heavy atom. The van der Waals surface area contributed by atoms with Crippen molar-refractivity contribution in [2.75, 3.05) is 13.2 Å². The summed E-state index contributed by atoms with van der Waals surface area (Å²) in [4.78, 5) is 23.9. The number of carbonyl (C=O) groups is 2.